The predicted molar refractivity (Wildman–Crippen MR) is 178 cm³/mol. The van der Waals surface area contributed by atoms with Gasteiger partial charge in [-0.25, -0.2) is 9.59 Å². The summed E-state index contributed by atoms with van der Waals surface area (Å²) >= 11 is 0. The first-order chi connectivity index (χ1) is 22.5. The average molecular weight is 622 g/mol. The minimum absolute atomic E-state index is 0.0144. The lowest BCUT2D eigenvalue weighted by atomic mass is 9.94. The number of piperidine rings is 1. The number of ether oxygens (including phenoxy) is 1. The van der Waals surface area contributed by atoms with Gasteiger partial charge in [-0.15, -0.1) is 0 Å². The standard InChI is InChI=1S/C37H43N5O4/c1-2-41(37(45)46-26-27-11-5-3-6-12-27)31-18-21-40(22-19-31)20-17-29(28-13-7-4-8-14-28)25-42-35(43)34(39-36(42)44)23-30-24-38-33-16-10-9-15-32(30)33/h3-16,24,29,31,34,38H,2,17-23,25-26H2,1H3,(H,39,44)/t29?,34-/m1/s1. The van der Waals surface area contributed by atoms with Crippen LogP contribution in [-0.2, 0) is 22.6 Å². The number of imide groups is 1. The molecule has 4 amide bonds. The molecule has 0 saturated carbocycles. The van der Waals surface area contributed by atoms with Crippen LogP contribution in [0.4, 0.5) is 9.59 Å². The van der Waals surface area contributed by atoms with Crippen molar-refractivity contribution in [3.05, 3.63) is 108 Å². The van der Waals surface area contributed by atoms with E-state index in [1.807, 2.05) is 90.8 Å². The first kappa shape index (κ1) is 31.4. The molecule has 9 heteroatoms. The van der Waals surface area contributed by atoms with Gasteiger partial charge in [0, 0.05) is 61.7 Å². The Hall–Kier alpha value is -4.63. The lowest BCUT2D eigenvalue weighted by Gasteiger charge is -2.38. The largest absolute Gasteiger partial charge is 0.445 e. The summed E-state index contributed by atoms with van der Waals surface area (Å²) in [6.45, 7) is 5.83. The second-order valence-corrected chi connectivity index (χ2v) is 12.3. The van der Waals surface area contributed by atoms with Crippen LogP contribution in [0.3, 0.4) is 0 Å². The number of nitrogens with zero attached hydrogens (tertiary/aromatic N) is 3. The number of nitrogens with one attached hydrogen (secondary N) is 2. The van der Waals surface area contributed by atoms with E-state index in [4.69, 9.17) is 4.74 Å². The summed E-state index contributed by atoms with van der Waals surface area (Å²) in [5.74, 6) is -0.156. The number of para-hydroxylation sites is 1. The molecule has 0 aliphatic carbocycles. The number of carbonyl (C=O) groups excluding carboxylic acids is 3. The van der Waals surface area contributed by atoms with Crippen molar-refractivity contribution in [3.8, 4) is 0 Å². The Kier molecular flexibility index (Phi) is 9.98. The molecular formula is C37H43N5O4. The van der Waals surface area contributed by atoms with Crippen molar-refractivity contribution >= 4 is 28.9 Å². The summed E-state index contributed by atoms with van der Waals surface area (Å²) in [5, 5.41) is 4.01. The second-order valence-electron chi connectivity index (χ2n) is 12.3. The summed E-state index contributed by atoms with van der Waals surface area (Å²) in [4.78, 5) is 48.5. The number of rotatable bonds is 12. The molecule has 2 aliphatic heterocycles. The fourth-order valence-corrected chi connectivity index (χ4v) is 6.85. The van der Waals surface area contributed by atoms with Gasteiger partial charge in [0.15, 0.2) is 0 Å². The van der Waals surface area contributed by atoms with Crippen LogP contribution in [0.5, 0.6) is 0 Å². The number of benzene rings is 3. The molecule has 2 aliphatic rings. The van der Waals surface area contributed by atoms with E-state index >= 15 is 0 Å². The number of fused-ring (bicyclic) bond motifs is 1. The van der Waals surface area contributed by atoms with Crippen LogP contribution < -0.4 is 5.32 Å². The number of hydrogen-bond donors (Lipinski definition) is 2. The summed E-state index contributed by atoms with van der Waals surface area (Å²) in [5.41, 5.74) is 4.14. The van der Waals surface area contributed by atoms with E-state index in [1.165, 1.54) is 4.90 Å². The molecule has 0 radical (unpaired) electrons. The highest BCUT2D eigenvalue weighted by Gasteiger charge is 2.39. The number of aromatic nitrogens is 1. The molecule has 1 unspecified atom stereocenters. The van der Waals surface area contributed by atoms with E-state index in [0.29, 0.717) is 19.5 Å². The molecular weight excluding hydrogens is 578 g/mol. The molecule has 4 aromatic rings. The number of likely N-dealkylation sites (tertiary alicyclic amines) is 1. The van der Waals surface area contributed by atoms with Gasteiger partial charge in [-0.3, -0.25) is 9.69 Å². The number of carbonyl (C=O) groups is 3. The number of aromatic amines is 1. The maximum atomic E-state index is 13.5. The van der Waals surface area contributed by atoms with Gasteiger partial charge >= 0.3 is 12.1 Å². The molecule has 3 heterocycles. The molecule has 2 fully saturated rings. The minimum Gasteiger partial charge on any atom is -0.445 e. The number of H-pyrrole nitrogens is 1. The van der Waals surface area contributed by atoms with Crippen molar-refractivity contribution < 1.29 is 19.1 Å². The Balaban J connectivity index is 1.03. The maximum absolute atomic E-state index is 13.5. The molecule has 2 atom stereocenters. The van der Waals surface area contributed by atoms with Gasteiger partial charge in [-0.05, 0) is 55.5 Å². The molecule has 0 bridgehead atoms. The smallest absolute Gasteiger partial charge is 0.410 e. The molecule has 3 aromatic carbocycles. The van der Waals surface area contributed by atoms with Gasteiger partial charge in [-0.1, -0.05) is 78.9 Å². The number of amides is 4. The fourth-order valence-electron chi connectivity index (χ4n) is 6.85. The average Bonchev–Trinajstić information content (AvgIpc) is 3.62. The van der Waals surface area contributed by atoms with E-state index in [-0.39, 0.29) is 36.6 Å². The molecule has 9 nitrogen and oxygen atoms in total. The van der Waals surface area contributed by atoms with Crippen LogP contribution >= 0.6 is 0 Å². The van der Waals surface area contributed by atoms with Crippen molar-refractivity contribution in [3.63, 3.8) is 0 Å². The normalized spacial score (nSPS) is 18.1. The maximum Gasteiger partial charge on any atom is 0.410 e. The Morgan fingerprint density at radius 1 is 0.957 bits per heavy atom. The Morgan fingerprint density at radius 3 is 2.39 bits per heavy atom. The van der Waals surface area contributed by atoms with Crippen molar-refractivity contribution in [2.45, 2.75) is 57.2 Å². The van der Waals surface area contributed by atoms with Crippen LogP contribution in [0.25, 0.3) is 10.9 Å². The second kappa shape index (κ2) is 14.6. The number of urea groups is 1. The monoisotopic (exact) mass is 621 g/mol. The molecule has 2 N–H and O–H groups in total. The third-order valence-corrected chi connectivity index (χ3v) is 9.45. The van der Waals surface area contributed by atoms with Gasteiger partial charge in [0.05, 0.1) is 0 Å². The van der Waals surface area contributed by atoms with Crippen molar-refractivity contribution in [2.24, 2.45) is 0 Å². The third-order valence-electron chi connectivity index (χ3n) is 9.45. The summed E-state index contributed by atoms with van der Waals surface area (Å²) in [6, 6.07) is 27.2. The van der Waals surface area contributed by atoms with E-state index in [1.54, 1.807) is 0 Å². The fraction of sp³-hybridized carbons (Fsp3) is 0.378. The molecule has 6 rings (SSSR count). The van der Waals surface area contributed by atoms with Crippen LogP contribution in [0, 0.1) is 0 Å². The van der Waals surface area contributed by atoms with Crippen LogP contribution in [-0.4, -0.2) is 82.5 Å². The molecule has 1 aromatic heterocycles. The van der Waals surface area contributed by atoms with Crippen LogP contribution in [0.1, 0.15) is 48.8 Å². The van der Waals surface area contributed by atoms with Gasteiger partial charge in [0.1, 0.15) is 12.6 Å². The highest BCUT2D eigenvalue weighted by Crippen LogP contribution is 2.27. The van der Waals surface area contributed by atoms with Gasteiger partial charge < -0.3 is 24.8 Å². The van der Waals surface area contributed by atoms with Gasteiger partial charge in [0.25, 0.3) is 5.91 Å². The van der Waals surface area contributed by atoms with Crippen LogP contribution in [0.2, 0.25) is 0 Å². The highest BCUT2D eigenvalue weighted by molar-refractivity contribution is 6.04. The zero-order valence-electron chi connectivity index (χ0n) is 26.4. The Morgan fingerprint density at radius 2 is 1.65 bits per heavy atom. The first-order valence-electron chi connectivity index (χ1n) is 16.4. The van der Waals surface area contributed by atoms with Crippen molar-refractivity contribution in [1.29, 1.82) is 0 Å². The van der Waals surface area contributed by atoms with E-state index in [9.17, 15) is 14.4 Å². The zero-order valence-corrected chi connectivity index (χ0v) is 26.4. The quantitative estimate of drug-likeness (QED) is 0.191. The van der Waals surface area contributed by atoms with Gasteiger partial charge in [-0.2, -0.15) is 0 Å². The summed E-state index contributed by atoms with van der Waals surface area (Å²) in [7, 11) is 0. The Labute approximate surface area is 270 Å². The third kappa shape index (κ3) is 7.26. The summed E-state index contributed by atoms with van der Waals surface area (Å²) in [6.07, 6.45) is 4.70. The molecule has 240 valence electrons. The van der Waals surface area contributed by atoms with Gasteiger partial charge in [0.2, 0.25) is 0 Å². The van der Waals surface area contributed by atoms with E-state index in [0.717, 1.165) is 66.5 Å². The van der Waals surface area contributed by atoms with E-state index in [2.05, 4.69) is 27.3 Å². The first-order valence-corrected chi connectivity index (χ1v) is 16.4. The van der Waals surface area contributed by atoms with E-state index < -0.39 is 6.04 Å². The lowest BCUT2D eigenvalue weighted by Crippen LogP contribution is -2.47. The lowest BCUT2D eigenvalue weighted by molar-refractivity contribution is -0.127. The molecule has 2 saturated heterocycles. The molecule has 0 spiro atoms. The number of hydrogen-bond acceptors (Lipinski definition) is 5. The Bertz CT molecular complexity index is 1620. The van der Waals surface area contributed by atoms with Crippen LogP contribution in [0.15, 0.2) is 91.1 Å². The van der Waals surface area contributed by atoms with Crippen molar-refractivity contribution in [2.75, 3.05) is 32.7 Å². The molecule has 46 heavy (non-hydrogen) atoms. The predicted octanol–water partition coefficient (Wildman–Crippen LogP) is 5.93. The SMILES string of the molecule is CCN(C(=O)OCc1ccccc1)C1CCN(CCC(CN2C(=O)N[C@H](Cc3c[nH]c4ccccc34)C2=O)c2ccccc2)CC1. The minimum atomic E-state index is -0.581. The highest BCUT2D eigenvalue weighted by atomic mass is 16.6. The summed E-state index contributed by atoms with van der Waals surface area (Å²) < 4.78 is 5.63. The van der Waals surface area contributed by atoms with Crippen molar-refractivity contribution in [1.82, 2.24) is 25.0 Å². The zero-order chi connectivity index (χ0) is 31.9. The topological polar surface area (TPSA) is 98.0 Å².